The van der Waals surface area contributed by atoms with Crippen LogP contribution in [-0.4, -0.2) is 30.5 Å². The molecule has 0 aliphatic rings. The lowest BCUT2D eigenvalue weighted by Crippen LogP contribution is -2.26. The quantitative estimate of drug-likeness (QED) is 0.798. The van der Waals surface area contributed by atoms with Crippen LogP contribution in [0.1, 0.15) is 25.0 Å². The maximum Gasteiger partial charge on any atom is 0.0945 e. The Morgan fingerprint density at radius 1 is 1.24 bits per heavy atom. The predicted molar refractivity (Wildman–Crippen MR) is 71.5 cm³/mol. The van der Waals surface area contributed by atoms with Gasteiger partial charge in [-0.2, -0.15) is 0 Å². The van der Waals surface area contributed by atoms with Gasteiger partial charge in [-0.1, -0.05) is 18.2 Å². The first kappa shape index (κ1) is 14.0. The second-order valence-electron chi connectivity index (χ2n) is 4.68. The topological polar surface area (TPSA) is 41.5 Å². The molecule has 0 aromatic heterocycles. The summed E-state index contributed by atoms with van der Waals surface area (Å²) in [5, 5.41) is 13.0. The van der Waals surface area contributed by atoms with Crippen molar-refractivity contribution in [3.05, 3.63) is 29.3 Å². The minimum absolute atomic E-state index is 0.157. The molecule has 1 aromatic carbocycles. The lowest BCUT2D eigenvalue weighted by Gasteiger charge is -2.17. The Labute approximate surface area is 104 Å². The normalized spacial score (nSPS) is 12.8. The average molecular weight is 237 g/mol. The molecule has 0 bridgehead atoms. The van der Waals surface area contributed by atoms with Crippen LogP contribution in [0.4, 0.5) is 5.69 Å². The Balaban J connectivity index is 2.44. The van der Waals surface area contributed by atoms with Crippen molar-refractivity contribution in [3.8, 4) is 0 Å². The maximum absolute atomic E-state index is 9.75. The highest BCUT2D eigenvalue weighted by Gasteiger charge is 2.07. The van der Waals surface area contributed by atoms with Gasteiger partial charge in [0.05, 0.1) is 18.8 Å². The molecule has 0 amide bonds. The van der Waals surface area contributed by atoms with Crippen LogP contribution < -0.4 is 5.32 Å². The number of nitrogens with one attached hydrogen (secondary N) is 1. The first-order valence-electron chi connectivity index (χ1n) is 6.10. The second kappa shape index (κ2) is 6.62. The largest absolute Gasteiger partial charge is 0.389 e. The number of aliphatic hydroxyl groups is 1. The lowest BCUT2D eigenvalue weighted by molar-refractivity contribution is 0.0112. The number of aryl methyl sites for hydroxylation is 2. The van der Waals surface area contributed by atoms with Crippen molar-refractivity contribution >= 4 is 5.69 Å². The van der Waals surface area contributed by atoms with Crippen LogP contribution >= 0.6 is 0 Å². The van der Waals surface area contributed by atoms with E-state index in [2.05, 4.69) is 31.3 Å². The summed E-state index contributed by atoms with van der Waals surface area (Å²) >= 11 is 0. The summed E-state index contributed by atoms with van der Waals surface area (Å²) in [6.45, 7) is 8.93. The molecular weight excluding hydrogens is 214 g/mol. The van der Waals surface area contributed by atoms with Crippen LogP contribution in [0.5, 0.6) is 0 Å². The van der Waals surface area contributed by atoms with Gasteiger partial charge in [-0.3, -0.25) is 0 Å². The van der Waals surface area contributed by atoms with Gasteiger partial charge >= 0.3 is 0 Å². The average Bonchev–Trinajstić information content (AvgIpc) is 2.25. The Morgan fingerprint density at radius 3 is 2.35 bits per heavy atom. The molecule has 0 fully saturated rings. The van der Waals surface area contributed by atoms with Gasteiger partial charge in [0.1, 0.15) is 0 Å². The molecule has 1 rings (SSSR count). The van der Waals surface area contributed by atoms with Crippen molar-refractivity contribution < 1.29 is 9.84 Å². The van der Waals surface area contributed by atoms with Crippen molar-refractivity contribution in [3.63, 3.8) is 0 Å². The van der Waals surface area contributed by atoms with E-state index in [0.717, 1.165) is 5.69 Å². The number of hydrogen-bond donors (Lipinski definition) is 2. The summed E-state index contributed by atoms with van der Waals surface area (Å²) in [5.41, 5.74) is 3.50. The van der Waals surface area contributed by atoms with E-state index in [1.54, 1.807) is 0 Å². The van der Waals surface area contributed by atoms with E-state index in [1.165, 1.54) is 11.1 Å². The number of anilines is 1. The number of aliphatic hydroxyl groups excluding tert-OH is 1. The fourth-order valence-electron chi connectivity index (χ4n) is 1.68. The van der Waals surface area contributed by atoms with E-state index in [0.29, 0.717) is 13.2 Å². The van der Waals surface area contributed by atoms with Gasteiger partial charge in [0.25, 0.3) is 0 Å². The van der Waals surface area contributed by atoms with Crippen molar-refractivity contribution in [1.82, 2.24) is 0 Å². The van der Waals surface area contributed by atoms with Crippen LogP contribution in [0.3, 0.4) is 0 Å². The zero-order chi connectivity index (χ0) is 12.8. The summed E-state index contributed by atoms with van der Waals surface area (Å²) in [5.74, 6) is 0. The fraction of sp³-hybridized carbons (Fsp3) is 0.571. The van der Waals surface area contributed by atoms with Gasteiger partial charge in [0.2, 0.25) is 0 Å². The van der Waals surface area contributed by atoms with Crippen LogP contribution in [0.2, 0.25) is 0 Å². The molecule has 0 heterocycles. The van der Waals surface area contributed by atoms with Crippen LogP contribution in [0.25, 0.3) is 0 Å². The standard InChI is InChI=1S/C14H23NO2/c1-10(2)17-9-13(16)8-15-14-11(3)6-5-7-12(14)4/h5-7,10,13,15-16H,8-9H2,1-4H3. The molecule has 17 heavy (non-hydrogen) atoms. The van der Waals surface area contributed by atoms with Crippen molar-refractivity contribution in [1.29, 1.82) is 0 Å². The van der Waals surface area contributed by atoms with Gasteiger partial charge in [-0.15, -0.1) is 0 Å². The molecule has 0 saturated carbocycles. The van der Waals surface area contributed by atoms with E-state index in [-0.39, 0.29) is 6.10 Å². The first-order chi connectivity index (χ1) is 8.00. The summed E-state index contributed by atoms with van der Waals surface area (Å²) in [4.78, 5) is 0. The fourth-order valence-corrected chi connectivity index (χ4v) is 1.68. The molecular formula is C14H23NO2. The molecule has 3 nitrogen and oxygen atoms in total. The van der Waals surface area contributed by atoms with Crippen molar-refractivity contribution in [2.24, 2.45) is 0 Å². The molecule has 96 valence electrons. The summed E-state index contributed by atoms with van der Waals surface area (Å²) in [6, 6.07) is 6.16. The summed E-state index contributed by atoms with van der Waals surface area (Å²) < 4.78 is 5.36. The van der Waals surface area contributed by atoms with Gasteiger partial charge < -0.3 is 15.2 Å². The molecule has 2 N–H and O–H groups in total. The number of rotatable bonds is 6. The Hall–Kier alpha value is -1.06. The molecule has 0 aliphatic heterocycles. The molecule has 1 unspecified atom stereocenters. The van der Waals surface area contributed by atoms with Crippen molar-refractivity contribution in [2.75, 3.05) is 18.5 Å². The molecule has 0 aliphatic carbocycles. The SMILES string of the molecule is Cc1cccc(C)c1NCC(O)COC(C)C. The minimum Gasteiger partial charge on any atom is -0.389 e. The third-order valence-electron chi connectivity index (χ3n) is 2.62. The van der Waals surface area contributed by atoms with Crippen molar-refractivity contribution in [2.45, 2.75) is 39.9 Å². The summed E-state index contributed by atoms with van der Waals surface area (Å²) in [6.07, 6.45) is -0.318. The summed E-state index contributed by atoms with van der Waals surface area (Å²) in [7, 11) is 0. The first-order valence-corrected chi connectivity index (χ1v) is 6.10. The van der Waals surface area contributed by atoms with E-state index in [4.69, 9.17) is 4.74 Å². The lowest BCUT2D eigenvalue weighted by atomic mass is 10.1. The highest BCUT2D eigenvalue weighted by atomic mass is 16.5. The molecule has 0 spiro atoms. The third-order valence-corrected chi connectivity index (χ3v) is 2.62. The van der Waals surface area contributed by atoms with Crippen LogP contribution in [-0.2, 0) is 4.74 Å². The highest BCUT2D eigenvalue weighted by Crippen LogP contribution is 2.19. The highest BCUT2D eigenvalue weighted by molar-refractivity contribution is 5.56. The number of benzene rings is 1. The molecule has 1 atom stereocenters. The van der Waals surface area contributed by atoms with Gasteiger partial charge in [-0.05, 0) is 38.8 Å². The Bertz CT molecular complexity index is 330. The van der Waals surface area contributed by atoms with Gasteiger partial charge in [-0.25, -0.2) is 0 Å². The number of para-hydroxylation sites is 1. The monoisotopic (exact) mass is 237 g/mol. The van der Waals surface area contributed by atoms with Gasteiger partial charge in [0, 0.05) is 12.2 Å². The molecule has 3 heteroatoms. The smallest absolute Gasteiger partial charge is 0.0945 e. The van der Waals surface area contributed by atoms with E-state index in [9.17, 15) is 5.11 Å². The van der Waals surface area contributed by atoms with Crippen LogP contribution in [0, 0.1) is 13.8 Å². The molecule has 1 aromatic rings. The molecule has 0 radical (unpaired) electrons. The van der Waals surface area contributed by atoms with Gasteiger partial charge in [0.15, 0.2) is 0 Å². The van der Waals surface area contributed by atoms with E-state index in [1.807, 2.05) is 19.9 Å². The Morgan fingerprint density at radius 2 is 1.82 bits per heavy atom. The third kappa shape index (κ3) is 4.75. The number of hydrogen-bond acceptors (Lipinski definition) is 3. The zero-order valence-electron chi connectivity index (χ0n) is 11.2. The predicted octanol–water partition coefficient (Wildman–Crippen LogP) is 2.50. The molecule has 0 saturated heterocycles. The maximum atomic E-state index is 9.75. The minimum atomic E-state index is -0.476. The zero-order valence-corrected chi connectivity index (χ0v) is 11.2. The van der Waals surface area contributed by atoms with Crippen LogP contribution in [0.15, 0.2) is 18.2 Å². The van der Waals surface area contributed by atoms with E-state index >= 15 is 0 Å². The number of ether oxygens (including phenoxy) is 1. The Kier molecular flexibility index (Phi) is 5.45. The van der Waals surface area contributed by atoms with E-state index < -0.39 is 6.10 Å². The second-order valence-corrected chi connectivity index (χ2v) is 4.68.